The van der Waals surface area contributed by atoms with Crippen LogP contribution in [0.4, 0.5) is 0 Å². The maximum absolute atomic E-state index is 13.0. The molecule has 0 bridgehead atoms. The number of rotatable bonds is 5. The van der Waals surface area contributed by atoms with Crippen molar-refractivity contribution >= 4 is 21.9 Å². The number of hydrogen-bond acceptors (Lipinski definition) is 4. The summed E-state index contributed by atoms with van der Waals surface area (Å²) < 4.78 is 27.6. The third-order valence-corrected chi connectivity index (χ3v) is 7.92. The van der Waals surface area contributed by atoms with Crippen LogP contribution in [0.3, 0.4) is 0 Å². The van der Waals surface area contributed by atoms with E-state index in [2.05, 4.69) is 5.32 Å². The number of benzene rings is 1. The highest BCUT2D eigenvalue weighted by atomic mass is 32.2. The smallest absolute Gasteiger partial charge is 0.329 e. The molecule has 0 aromatic heterocycles. The van der Waals surface area contributed by atoms with E-state index in [9.17, 15) is 23.1 Å². The average molecular weight is 409 g/mol. The SMILES string of the molecule is CC1CCCCN1S(=O)(=O)c1cccc(C(=O)NC2(C(=O)O)CCCCC2)c1. The Labute approximate surface area is 166 Å². The summed E-state index contributed by atoms with van der Waals surface area (Å²) in [5.74, 6) is -1.58. The molecule has 1 heterocycles. The highest BCUT2D eigenvalue weighted by Gasteiger charge is 2.41. The molecular weight excluding hydrogens is 380 g/mol. The molecule has 1 amide bonds. The first-order chi connectivity index (χ1) is 13.3. The van der Waals surface area contributed by atoms with Crippen LogP contribution in [-0.4, -0.2) is 47.8 Å². The molecule has 1 atom stereocenters. The van der Waals surface area contributed by atoms with Gasteiger partial charge in [-0.15, -0.1) is 0 Å². The van der Waals surface area contributed by atoms with Crippen molar-refractivity contribution < 1.29 is 23.1 Å². The fourth-order valence-electron chi connectivity index (χ4n) is 4.20. The predicted octanol–water partition coefficient (Wildman–Crippen LogP) is 2.77. The molecule has 2 fully saturated rings. The standard InChI is InChI=1S/C20H28N2O5S/c1-15-8-3-6-13-22(15)28(26,27)17-10-7-9-16(14-17)18(23)21-20(19(24)25)11-4-2-5-12-20/h7,9-10,14-15H,2-6,8,11-13H2,1H3,(H,21,23)(H,24,25). The summed E-state index contributed by atoms with van der Waals surface area (Å²) in [7, 11) is -3.69. The number of nitrogens with zero attached hydrogens (tertiary/aromatic N) is 1. The molecular formula is C20H28N2O5S. The van der Waals surface area contributed by atoms with Crippen LogP contribution in [0.2, 0.25) is 0 Å². The zero-order valence-electron chi connectivity index (χ0n) is 16.2. The Morgan fingerprint density at radius 2 is 1.86 bits per heavy atom. The lowest BCUT2D eigenvalue weighted by atomic mass is 9.81. The van der Waals surface area contributed by atoms with Crippen molar-refractivity contribution in [1.82, 2.24) is 9.62 Å². The van der Waals surface area contributed by atoms with Crippen LogP contribution in [0.5, 0.6) is 0 Å². The number of sulfonamides is 1. The first-order valence-electron chi connectivity index (χ1n) is 9.94. The van der Waals surface area contributed by atoms with Crippen LogP contribution < -0.4 is 5.32 Å². The minimum Gasteiger partial charge on any atom is -0.480 e. The van der Waals surface area contributed by atoms with E-state index in [1.54, 1.807) is 0 Å². The monoisotopic (exact) mass is 408 g/mol. The van der Waals surface area contributed by atoms with Crippen molar-refractivity contribution in [3.63, 3.8) is 0 Å². The molecule has 0 spiro atoms. The molecule has 3 rings (SSSR count). The molecule has 1 unspecified atom stereocenters. The fraction of sp³-hybridized carbons (Fsp3) is 0.600. The quantitative estimate of drug-likeness (QED) is 0.780. The van der Waals surface area contributed by atoms with Crippen LogP contribution in [-0.2, 0) is 14.8 Å². The van der Waals surface area contributed by atoms with Crippen molar-refractivity contribution in [2.24, 2.45) is 0 Å². The van der Waals surface area contributed by atoms with E-state index < -0.39 is 27.4 Å². The molecule has 28 heavy (non-hydrogen) atoms. The Morgan fingerprint density at radius 1 is 1.14 bits per heavy atom. The summed E-state index contributed by atoms with van der Waals surface area (Å²) in [6.45, 7) is 2.37. The number of carboxylic acids is 1. The van der Waals surface area contributed by atoms with E-state index in [1.807, 2.05) is 6.92 Å². The number of piperidine rings is 1. The van der Waals surface area contributed by atoms with E-state index in [1.165, 1.54) is 28.6 Å². The molecule has 8 heteroatoms. The first kappa shape index (κ1) is 20.8. The van der Waals surface area contributed by atoms with Crippen LogP contribution in [0.1, 0.15) is 68.6 Å². The second-order valence-electron chi connectivity index (χ2n) is 7.89. The second-order valence-corrected chi connectivity index (χ2v) is 9.78. The zero-order valence-corrected chi connectivity index (χ0v) is 17.0. The Morgan fingerprint density at radius 3 is 2.50 bits per heavy atom. The van der Waals surface area contributed by atoms with Crippen LogP contribution >= 0.6 is 0 Å². The number of hydrogen-bond donors (Lipinski definition) is 2. The molecule has 1 saturated heterocycles. The van der Waals surface area contributed by atoms with Gasteiger partial charge in [0.1, 0.15) is 5.54 Å². The second kappa shape index (κ2) is 8.21. The van der Waals surface area contributed by atoms with Gasteiger partial charge in [0.15, 0.2) is 0 Å². The minimum atomic E-state index is -3.69. The van der Waals surface area contributed by atoms with Gasteiger partial charge in [-0.1, -0.05) is 31.7 Å². The molecule has 154 valence electrons. The topological polar surface area (TPSA) is 104 Å². The number of carbonyl (C=O) groups excluding carboxylic acids is 1. The molecule has 1 saturated carbocycles. The van der Waals surface area contributed by atoms with Crippen LogP contribution in [0, 0.1) is 0 Å². The lowest BCUT2D eigenvalue weighted by molar-refractivity contribution is -0.145. The lowest BCUT2D eigenvalue weighted by Gasteiger charge is -2.34. The maximum Gasteiger partial charge on any atom is 0.329 e. The zero-order chi connectivity index (χ0) is 20.4. The Hall–Kier alpha value is -1.93. The molecule has 1 aliphatic carbocycles. The Balaban J connectivity index is 1.84. The number of amides is 1. The number of carbonyl (C=O) groups is 2. The van der Waals surface area contributed by atoms with Gasteiger partial charge in [-0.05, 0) is 50.8 Å². The van der Waals surface area contributed by atoms with Crippen molar-refractivity contribution in [3.8, 4) is 0 Å². The Bertz CT molecular complexity index is 846. The fourth-order valence-corrected chi connectivity index (χ4v) is 5.95. The van der Waals surface area contributed by atoms with Crippen molar-refractivity contribution in [3.05, 3.63) is 29.8 Å². The number of carboxylic acid groups (broad SMARTS) is 1. The molecule has 1 aromatic carbocycles. The summed E-state index contributed by atoms with van der Waals surface area (Å²) in [5.41, 5.74) is -1.11. The van der Waals surface area contributed by atoms with Gasteiger partial charge >= 0.3 is 5.97 Å². The third kappa shape index (κ3) is 4.07. The van der Waals surface area contributed by atoms with Crippen molar-refractivity contribution in [2.45, 2.75) is 74.8 Å². The summed E-state index contributed by atoms with van der Waals surface area (Å²) in [6, 6.07) is 5.82. The van der Waals surface area contributed by atoms with Gasteiger partial charge in [-0.25, -0.2) is 13.2 Å². The predicted molar refractivity (Wildman–Crippen MR) is 105 cm³/mol. The van der Waals surface area contributed by atoms with Crippen LogP contribution in [0.25, 0.3) is 0 Å². The normalized spacial score (nSPS) is 23.1. The van der Waals surface area contributed by atoms with E-state index >= 15 is 0 Å². The van der Waals surface area contributed by atoms with E-state index in [-0.39, 0.29) is 16.5 Å². The Kier molecular flexibility index (Phi) is 6.09. The molecule has 1 aromatic rings. The summed E-state index contributed by atoms with van der Waals surface area (Å²) >= 11 is 0. The molecule has 2 N–H and O–H groups in total. The molecule has 1 aliphatic heterocycles. The van der Waals surface area contributed by atoms with E-state index in [0.717, 1.165) is 38.5 Å². The number of nitrogens with one attached hydrogen (secondary N) is 1. The molecule has 2 aliphatic rings. The van der Waals surface area contributed by atoms with E-state index in [0.29, 0.717) is 19.4 Å². The van der Waals surface area contributed by atoms with Crippen molar-refractivity contribution in [1.29, 1.82) is 0 Å². The van der Waals surface area contributed by atoms with Gasteiger partial charge in [-0.2, -0.15) is 4.31 Å². The van der Waals surface area contributed by atoms with Gasteiger partial charge in [0.25, 0.3) is 5.91 Å². The van der Waals surface area contributed by atoms with Gasteiger partial charge in [-0.3, -0.25) is 4.79 Å². The highest BCUT2D eigenvalue weighted by molar-refractivity contribution is 7.89. The van der Waals surface area contributed by atoms with Gasteiger partial charge in [0, 0.05) is 18.2 Å². The molecule has 0 radical (unpaired) electrons. The summed E-state index contributed by atoms with van der Waals surface area (Å²) in [4.78, 5) is 24.6. The van der Waals surface area contributed by atoms with Gasteiger partial charge in [0.2, 0.25) is 10.0 Å². The summed E-state index contributed by atoms with van der Waals surface area (Å²) in [6.07, 6.45) is 5.86. The van der Waals surface area contributed by atoms with Crippen LogP contribution in [0.15, 0.2) is 29.2 Å². The average Bonchev–Trinajstić information content (AvgIpc) is 2.69. The lowest BCUT2D eigenvalue weighted by Crippen LogP contribution is -2.55. The number of aliphatic carboxylic acids is 1. The largest absolute Gasteiger partial charge is 0.480 e. The van der Waals surface area contributed by atoms with Crippen molar-refractivity contribution in [2.75, 3.05) is 6.54 Å². The third-order valence-electron chi connectivity index (χ3n) is 5.91. The first-order valence-corrected chi connectivity index (χ1v) is 11.4. The minimum absolute atomic E-state index is 0.0712. The maximum atomic E-state index is 13.0. The van der Waals surface area contributed by atoms with Gasteiger partial charge < -0.3 is 10.4 Å². The van der Waals surface area contributed by atoms with Gasteiger partial charge in [0.05, 0.1) is 4.90 Å². The highest BCUT2D eigenvalue weighted by Crippen LogP contribution is 2.29. The van der Waals surface area contributed by atoms with E-state index in [4.69, 9.17) is 0 Å². The molecule has 7 nitrogen and oxygen atoms in total. The summed E-state index contributed by atoms with van der Waals surface area (Å²) in [5, 5.41) is 12.3.